The number of hydrogen-bond donors (Lipinski definition) is 2. The van der Waals surface area contributed by atoms with Gasteiger partial charge >= 0.3 is 5.97 Å². The van der Waals surface area contributed by atoms with Crippen molar-refractivity contribution in [3.8, 4) is 0 Å². The van der Waals surface area contributed by atoms with Crippen LogP contribution in [0, 0.1) is 17.8 Å². The maximum Gasteiger partial charge on any atom is 0.308 e. The van der Waals surface area contributed by atoms with Crippen molar-refractivity contribution in [2.75, 3.05) is 13.1 Å². The minimum absolute atomic E-state index is 0.0856. The Morgan fingerprint density at radius 2 is 2.04 bits per heavy atom. The second-order valence-electron chi connectivity index (χ2n) is 6.52. The Balaban J connectivity index is 1.65. The van der Waals surface area contributed by atoms with Crippen LogP contribution in [0.2, 0.25) is 0 Å². The number of carboxylic acids is 1. The topological polar surface area (TPSA) is 73.4 Å². The number of benzene rings is 1. The fraction of sp³-hybridized carbons (Fsp3) is 0.412. The van der Waals surface area contributed by atoms with Crippen molar-refractivity contribution in [3.05, 3.63) is 34.4 Å². The fourth-order valence-electron chi connectivity index (χ4n) is 3.74. The molecule has 1 aromatic carbocycles. The highest BCUT2D eigenvalue weighted by molar-refractivity contribution is 9.10. The first-order valence-electron chi connectivity index (χ1n) is 7.84. The number of aromatic amines is 1. The molecule has 1 aromatic heterocycles. The van der Waals surface area contributed by atoms with Crippen molar-refractivity contribution in [2.45, 2.75) is 12.8 Å². The number of carbonyl (C=O) groups excluding carboxylic acids is 1. The third-order valence-electron chi connectivity index (χ3n) is 5.08. The number of fused-ring (bicyclic) bond motifs is 1. The van der Waals surface area contributed by atoms with E-state index < -0.39 is 11.9 Å². The summed E-state index contributed by atoms with van der Waals surface area (Å²) in [5.41, 5.74) is 1.50. The molecule has 1 aliphatic carbocycles. The van der Waals surface area contributed by atoms with E-state index in [1.54, 1.807) is 11.1 Å². The van der Waals surface area contributed by atoms with Gasteiger partial charge in [-0.1, -0.05) is 22.0 Å². The molecular formula is C17H17BrN2O3. The number of likely N-dealkylation sites (tertiary alicyclic amines) is 1. The largest absolute Gasteiger partial charge is 0.481 e. The Bertz CT molecular complexity index is 796. The van der Waals surface area contributed by atoms with Gasteiger partial charge in [-0.2, -0.15) is 0 Å². The summed E-state index contributed by atoms with van der Waals surface area (Å²) < 4.78 is 0.868. The molecule has 1 aliphatic heterocycles. The molecule has 5 nitrogen and oxygen atoms in total. The molecule has 0 unspecified atom stereocenters. The first-order valence-corrected chi connectivity index (χ1v) is 8.63. The molecular weight excluding hydrogens is 360 g/mol. The van der Waals surface area contributed by atoms with Crippen LogP contribution < -0.4 is 0 Å². The molecule has 4 rings (SSSR count). The van der Waals surface area contributed by atoms with E-state index in [9.17, 15) is 14.7 Å². The number of carbonyl (C=O) groups is 2. The SMILES string of the molecule is O=C(O)[C@H]1CN(C(=O)c2c[nH]c3cccc(Br)c23)C[C@@H]1C1CC1. The van der Waals surface area contributed by atoms with Crippen LogP contribution >= 0.6 is 15.9 Å². The first-order chi connectivity index (χ1) is 11.1. The van der Waals surface area contributed by atoms with Crippen LogP contribution in [-0.4, -0.2) is 40.0 Å². The van der Waals surface area contributed by atoms with Gasteiger partial charge in [0.05, 0.1) is 11.5 Å². The Kier molecular flexibility index (Phi) is 3.44. The van der Waals surface area contributed by atoms with E-state index >= 15 is 0 Å². The summed E-state index contributed by atoms with van der Waals surface area (Å²) in [4.78, 5) is 29.3. The third-order valence-corrected chi connectivity index (χ3v) is 5.74. The van der Waals surface area contributed by atoms with E-state index in [1.165, 1.54) is 0 Å². The number of halogens is 1. The second kappa shape index (κ2) is 5.37. The summed E-state index contributed by atoms with van der Waals surface area (Å²) in [5, 5.41) is 10.3. The normalized spacial score (nSPS) is 24.3. The molecule has 2 fully saturated rings. The lowest BCUT2D eigenvalue weighted by molar-refractivity contribution is -0.142. The minimum Gasteiger partial charge on any atom is -0.481 e. The standard InChI is InChI=1S/C17H17BrN2O3/c18-13-2-1-3-14-15(13)10(6-19-14)16(21)20-7-11(9-4-5-9)12(8-20)17(22)23/h1-3,6,9,11-12,19H,4-5,7-8H2,(H,22,23)/t11-,12+/m1/s1. The number of H-pyrrole nitrogens is 1. The van der Waals surface area contributed by atoms with E-state index in [0.717, 1.165) is 28.2 Å². The number of aliphatic carboxylic acids is 1. The van der Waals surface area contributed by atoms with E-state index in [4.69, 9.17) is 0 Å². The molecule has 2 atom stereocenters. The van der Waals surface area contributed by atoms with Crippen molar-refractivity contribution in [3.63, 3.8) is 0 Å². The Morgan fingerprint density at radius 3 is 2.74 bits per heavy atom. The van der Waals surface area contributed by atoms with Gasteiger partial charge in [-0.25, -0.2) is 0 Å². The van der Waals surface area contributed by atoms with E-state index in [1.807, 2.05) is 18.2 Å². The van der Waals surface area contributed by atoms with Gasteiger partial charge in [0.15, 0.2) is 0 Å². The summed E-state index contributed by atoms with van der Waals surface area (Å²) in [5.74, 6) is -0.719. The van der Waals surface area contributed by atoms with Gasteiger partial charge in [0.2, 0.25) is 0 Å². The zero-order chi connectivity index (χ0) is 16.1. The molecule has 23 heavy (non-hydrogen) atoms. The molecule has 0 spiro atoms. The van der Waals surface area contributed by atoms with E-state index in [-0.39, 0.29) is 11.8 Å². The van der Waals surface area contributed by atoms with Crippen molar-refractivity contribution in [2.24, 2.45) is 17.8 Å². The lowest BCUT2D eigenvalue weighted by Crippen LogP contribution is -2.29. The lowest BCUT2D eigenvalue weighted by atomic mass is 9.92. The van der Waals surface area contributed by atoms with Crippen molar-refractivity contribution < 1.29 is 14.7 Å². The third kappa shape index (κ3) is 2.45. The number of nitrogens with one attached hydrogen (secondary N) is 1. The molecule has 2 N–H and O–H groups in total. The van der Waals surface area contributed by atoms with Crippen LogP contribution in [0.15, 0.2) is 28.9 Å². The molecule has 0 bridgehead atoms. The van der Waals surface area contributed by atoms with E-state index in [0.29, 0.717) is 24.6 Å². The highest BCUT2D eigenvalue weighted by Crippen LogP contribution is 2.44. The number of nitrogens with zero attached hydrogens (tertiary/aromatic N) is 1. The fourth-order valence-corrected chi connectivity index (χ4v) is 4.32. The number of carboxylic acid groups (broad SMARTS) is 1. The molecule has 1 saturated carbocycles. The van der Waals surface area contributed by atoms with Crippen LogP contribution in [0.25, 0.3) is 10.9 Å². The Labute approximate surface area is 141 Å². The average molecular weight is 377 g/mol. The maximum atomic E-state index is 12.9. The molecule has 1 amide bonds. The highest BCUT2D eigenvalue weighted by Gasteiger charge is 2.47. The monoisotopic (exact) mass is 376 g/mol. The maximum absolute atomic E-state index is 12.9. The quantitative estimate of drug-likeness (QED) is 0.863. The van der Waals surface area contributed by atoms with Gasteiger partial charge in [0.1, 0.15) is 0 Å². The van der Waals surface area contributed by atoms with Gasteiger partial charge in [0, 0.05) is 34.7 Å². The molecule has 0 radical (unpaired) electrons. The predicted molar refractivity (Wildman–Crippen MR) is 89.2 cm³/mol. The summed E-state index contributed by atoms with van der Waals surface area (Å²) in [6, 6.07) is 5.74. The number of aromatic nitrogens is 1. The summed E-state index contributed by atoms with van der Waals surface area (Å²) in [6.07, 6.45) is 3.90. The van der Waals surface area contributed by atoms with Crippen LogP contribution in [0.1, 0.15) is 23.2 Å². The van der Waals surface area contributed by atoms with Crippen molar-refractivity contribution in [1.82, 2.24) is 9.88 Å². The predicted octanol–water partition coefficient (Wildman–Crippen LogP) is 3.11. The molecule has 6 heteroatoms. The summed E-state index contributed by atoms with van der Waals surface area (Å²) in [6.45, 7) is 0.865. The average Bonchev–Trinajstić information content (AvgIpc) is 3.11. The minimum atomic E-state index is -0.780. The molecule has 1 saturated heterocycles. The van der Waals surface area contributed by atoms with Gasteiger partial charge < -0.3 is 15.0 Å². The van der Waals surface area contributed by atoms with Gasteiger partial charge in [-0.05, 0) is 36.8 Å². The summed E-state index contributed by atoms with van der Waals surface area (Å²) in [7, 11) is 0. The highest BCUT2D eigenvalue weighted by atomic mass is 79.9. The Hall–Kier alpha value is -1.82. The number of hydrogen-bond acceptors (Lipinski definition) is 2. The molecule has 2 aliphatic rings. The van der Waals surface area contributed by atoms with Crippen LogP contribution in [-0.2, 0) is 4.79 Å². The lowest BCUT2D eigenvalue weighted by Gasteiger charge is -2.16. The van der Waals surface area contributed by atoms with Gasteiger partial charge in [-0.15, -0.1) is 0 Å². The zero-order valence-corrected chi connectivity index (χ0v) is 14.0. The smallest absolute Gasteiger partial charge is 0.308 e. The first kappa shape index (κ1) is 14.8. The van der Waals surface area contributed by atoms with Gasteiger partial charge in [-0.3, -0.25) is 9.59 Å². The van der Waals surface area contributed by atoms with Crippen molar-refractivity contribution in [1.29, 1.82) is 0 Å². The number of rotatable bonds is 3. The number of amides is 1. The van der Waals surface area contributed by atoms with Crippen molar-refractivity contribution >= 4 is 38.7 Å². The molecule has 2 heterocycles. The van der Waals surface area contributed by atoms with E-state index in [2.05, 4.69) is 20.9 Å². The van der Waals surface area contributed by atoms with Crippen LogP contribution in [0.3, 0.4) is 0 Å². The van der Waals surface area contributed by atoms with Gasteiger partial charge in [0.25, 0.3) is 5.91 Å². The molecule has 2 aromatic rings. The molecule has 120 valence electrons. The summed E-state index contributed by atoms with van der Waals surface area (Å²) >= 11 is 3.50. The Morgan fingerprint density at radius 1 is 1.26 bits per heavy atom. The van der Waals surface area contributed by atoms with Crippen LogP contribution in [0.5, 0.6) is 0 Å². The second-order valence-corrected chi connectivity index (χ2v) is 7.38. The zero-order valence-electron chi connectivity index (χ0n) is 12.5. The van der Waals surface area contributed by atoms with Crippen LogP contribution in [0.4, 0.5) is 0 Å².